The summed E-state index contributed by atoms with van der Waals surface area (Å²) in [4.78, 5) is 0. The van der Waals surface area contributed by atoms with Crippen LogP contribution in [0.2, 0.25) is 0 Å². The molecular weight excluding hydrogens is 186 g/mol. The lowest BCUT2D eigenvalue weighted by Crippen LogP contribution is -2.10. The van der Waals surface area contributed by atoms with E-state index in [-0.39, 0.29) is 6.04 Å². The average molecular weight is 205 g/mol. The molecule has 0 aliphatic heterocycles. The van der Waals surface area contributed by atoms with Gasteiger partial charge in [-0.1, -0.05) is 37.3 Å². The second kappa shape index (κ2) is 6.25. The van der Waals surface area contributed by atoms with Gasteiger partial charge in [-0.2, -0.15) is 0 Å². The van der Waals surface area contributed by atoms with Crippen LogP contribution in [0, 0.1) is 0 Å². The maximum absolute atomic E-state index is 6.00. The molecule has 15 heavy (non-hydrogen) atoms. The fraction of sp³-hybridized carbons (Fsp3) is 0.385. The van der Waals surface area contributed by atoms with E-state index in [9.17, 15) is 0 Å². The molecular formula is C13H19NO. The second-order valence-corrected chi connectivity index (χ2v) is 3.43. The van der Waals surface area contributed by atoms with Crippen molar-refractivity contribution in [2.24, 2.45) is 5.73 Å². The molecule has 0 radical (unpaired) electrons. The average Bonchev–Trinajstić information content (AvgIpc) is 2.29. The Balaban J connectivity index is 2.76. The molecule has 0 unspecified atom stereocenters. The van der Waals surface area contributed by atoms with E-state index in [2.05, 4.69) is 6.92 Å². The highest BCUT2D eigenvalue weighted by molar-refractivity contribution is 5.35. The summed E-state index contributed by atoms with van der Waals surface area (Å²) in [7, 11) is 0. The summed E-state index contributed by atoms with van der Waals surface area (Å²) in [5.74, 6) is 0.893. The minimum absolute atomic E-state index is 0.0619. The second-order valence-electron chi connectivity index (χ2n) is 3.43. The van der Waals surface area contributed by atoms with Crippen LogP contribution < -0.4 is 10.5 Å². The van der Waals surface area contributed by atoms with Gasteiger partial charge >= 0.3 is 0 Å². The standard InChI is InChI=1S/C13H19NO/c1-3-5-10-15-13-9-7-6-8-11(13)12(14)4-2/h3,5-9,12H,4,10,14H2,1-2H3/t12-/m0/s1. The highest BCUT2D eigenvalue weighted by atomic mass is 16.5. The first kappa shape index (κ1) is 11.8. The van der Waals surface area contributed by atoms with E-state index in [0.29, 0.717) is 6.61 Å². The smallest absolute Gasteiger partial charge is 0.124 e. The third-order valence-corrected chi connectivity index (χ3v) is 2.33. The molecule has 0 saturated carbocycles. The van der Waals surface area contributed by atoms with E-state index in [1.165, 1.54) is 0 Å². The molecule has 0 aliphatic rings. The van der Waals surface area contributed by atoms with Crippen LogP contribution >= 0.6 is 0 Å². The van der Waals surface area contributed by atoms with Crippen LogP contribution in [0.25, 0.3) is 0 Å². The predicted octanol–water partition coefficient (Wildman–Crippen LogP) is 3.05. The third kappa shape index (κ3) is 3.40. The summed E-state index contributed by atoms with van der Waals surface area (Å²) < 4.78 is 5.63. The Morgan fingerprint density at radius 1 is 1.40 bits per heavy atom. The number of para-hydroxylation sites is 1. The lowest BCUT2D eigenvalue weighted by atomic mass is 10.0. The first-order valence-corrected chi connectivity index (χ1v) is 5.38. The van der Waals surface area contributed by atoms with Gasteiger partial charge < -0.3 is 10.5 Å². The van der Waals surface area contributed by atoms with Gasteiger partial charge in [0.15, 0.2) is 0 Å². The molecule has 0 aliphatic carbocycles. The van der Waals surface area contributed by atoms with E-state index in [4.69, 9.17) is 10.5 Å². The Bertz CT molecular complexity index is 320. The SMILES string of the molecule is CC=CCOc1ccccc1[C@@H](N)CC. The summed E-state index contributed by atoms with van der Waals surface area (Å²) in [5, 5.41) is 0. The molecule has 2 heteroatoms. The van der Waals surface area contributed by atoms with Gasteiger partial charge in [-0.05, 0) is 19.4 Å². The van der Waals surface area contributed by atoms with E-state index in [1.54, 1.807) is 0 Å². The van der Waals surface area contributed by atoms with E-state index >= 15 is 0 Å². The lowest BCUT2D eigenvalue weighted by Gasteiger charge is -2.14. The predicted molar refractivity (Wildman–Crippen MR) is 64.0 cm³/mol. The van der Waals surface area contributed by atoms with Crippen molar-refractivity contribution < 1.29 is 4.74 Å². The van der Waals surface area contributed by atoms with Gasteiger partial charge in [0, 0.05) is 11.6 Å². The molecule has 82 valence electrons. The normalized spacial score (nSPS) is 13.0. The first-order chi connectivity index (χ1) is 7.29. The van der Waals surface area contributed by atoms with Crippen LogP contribution in [0.3, 0.4) is 0 Å². The number of hydrogen-bond acceptors (Lipinski definition) is 2. The zero-order valence-corrected chi connectivity index (χ0v) is 9.44. The third-order valence-electron chi connectivity index (χ3n) is 2.33. The highest BCUT2D eigenvalue weighted by Gasteiger charge is 2.08. The van der Waals surface area contributed by atoms with Crippen LogP contribution in [0.5, 0.6) is 5.75 Å². The van der Waals surface area contributed by atoms with Gasteiger partial charge in [0.25, 0.3) is 0 Å². The summed E-state index contributed by atoms with van der Waals surface area (Å²) in [6.45, 7) is 4.66. The molecule has 1 atom stereocenters. The van der Waals surface area contributed by atoms with Crippen molar-refractivity contribution in [1.82, 2.24) is 0 Å². The van der Waals surface area contributed by atoms with Gasteiger partial charge in [-0.3, -0.25) is 0 Å². The Labute approximate surface area is 91.7 Å². The van der Waals surface area contributed by atoms with E-state index < -0.39 is 0 Å². The molecule has 2 N–H and O–H groups in total. The van der Waals surface area contributed by atoms with Crippen LogP contribution in [-0.2, 0) is 0 Å². The van der Waals surface area contributed by atoms with Gasteiger partial charge in [0.1, 0.15) is 12.4 Å². The van der Waals surface area contributed by atoms with Gasteiger partial charge in [-0.25, -0.2) is 0 Å². The number of ether oxygens (including phenoxy) is 1. The van der Waals surface area contributed by atoms with Crippen molar-refractivity contribution in [3.8, 4) is 5.75 Å². The maximum Gasteiger partial charge on any atom is 0.124 e. The number of nitrogens with two attached hydrogens (primary N) is 1. The number of rotatable bonds is 5. The molecule has 0 spiro atoms. The molecule has 1 rings (SSSR count). The van der Waals surface area contributed by atoms with Gasteiger partial charge in [0.2, 0.25) is 0 Å². The zero-order valence-electron chi connectivity index (χ0n) is 9.44. The summed E-state index contributed by atoms with van der Waals surface area (Å²) in [6.07, 6.45) is 4.88. The van der Waals surface area contributed by atoms with E-state index in [0.717, 1.165) is 17.7 Å². The molecule has 0 bridgehead atoms. The van der Waals surface area contributed by atoms with Gasteiger partial charge in [-0.15, -0.1) is 0 Å². The summed E-state index contributed by atoms with van der Waals surface area (Å²) >= 11 is 0. The van der Waals surface area contributed by atoms with Crippen molar-refractivity contribution in [3.63, 3.8) is 0 Å². The zero-order chi connectivity index (χ0) is 11.1. The lowest BCUT2D eigenvalue weighted by molar-refractivity contribution is 0.355. The van der Waals surface area contributed by atoms with Crippen molar-refractivity contribution in [2.45, 2.75) is 26.3 Å². The van der Waals surface area contributed by atoms with Crippen molar-refractivity contribution in [1.29, 1.82) is 0 Å². The molecule has 1 aromatic carbocycles. The Kier molecular flexibility index (Phi) is 4.91. The molecule has 0 amide bonds. The largest absolute Gasteiger partial charge is 0.489 e. The molecule has 0 saturated heterocycles. The highest BCUT2D eigenvalue weighted by Crippen LogP contribution is 2.25. The Morgan fingerprint density at radius 3 is 2.80 bits per heavy atom. The minimum Gasteiger partial charge on any atom is -0.489 e. The fourth-order valence-electron chi connectivity index (χ4n) is 1.37. The number of allylic oxidation sites excluding steroid dienone is 1. The number of benzene rings is 1. The van der Waals surface area contributed by atoms with Crippen LogP contribution in [0.4, 0.5) is 0 Å². The van der Waals surface area contributed by atoms with Crippen molar-refractivity contribution in [3.05, 3.63) is 42.0 Å². The quantitative estimate of drug-likeness (QED) is 0.750. The molecule has 0 aromatic heterocycles. The Morgan fingerprint density at radius 2 is 2.13 bits per heavy atom. The van der Waals surface area contributed by atoms with Crippen molar-refractivity contribution in [2.75, 3.05) is 6.61 Å². The monoisotopic (exact) mass is 205 g/mol. The Hall–Kier alpha value is -1.28. The topological polar surface area (TPSA) is 35.2 Å². The van der Waals surface area contributed by atoms with Crippen LogP contribution in [-0.4, -0.2) is 6.61 Å². The molecule has 2 nitrogen and oxygen atoms in total. The van der Waals surface area contributed by atoms with Crippen molar-refractivity contribution >= 4 is 0 Å². The molecule has 0 fully saturated rings. The van der Waals surface area contributed by atoms with Gasteiger partial charge in [0.05, 0.1) is 0 Å². The first-order valence-electron chi connectivity index (χ1n) is 5.38. The minimum atomic E-state index is 0.0619. The molecule has 0 heterocycles. The van der Waals surface area contributed by atoms with Crippen LogP contribution in [0.1, 0.15) is 31.9 Å². The maximum atomic E-state index is 6.00. The summed E-state index contributed by atoms with van der Waals surface area (Å²) in [6, 6.07) is 8.02. The number of hydrogen-bond donors (Lipinski definition) is 1. The molecule has 1 aromatic rings. The van der Waals surface area contributed by atoms with E-state index in [1.807, 2.05) is 43.3 Å². The summed E-state index contributed by atoms with van der Waals surface area (Å²) in [5.41, 5.74) is 7.09. The fourth-order valence-corrected chi connectivity index (χ4v) is 1.37. The van der Waals surface area contributed by atoms with Crippen LogP contribution in [0.15, 0.2) is 36.4 Å².